The van der Waals surface area contributed by atoms with E-state index in [-0.39, 0.29) is 35.5 Å². The van der Waals surface area contributed by atoms with Crippen LogP contribution < -0.4 is 5.32 Å². The van der Waals surface area contributed by atoms with E-state index in [1.807, 2.05) is 0 Å². The highest BCUT2D eigenvalue weighted by Gasteiger charge is 2.33. The van der Waals surface area contributed by atoms with E-state index >= 15 is 0 Å². The maximum absolute atomic E-state index is 13.7. The molecule has 11 heteroatoms. The summed E-state index contributed by atoms with van der Waals surface area (Å²) in [6, 6.07) is 5.08. The zero-order chi connectivity index (χ0) is 24.2. The quantitative estimate of drug-likeness (QED) is 0.448. The van der Waals surface area contributed by atoms with Gasteiger partial charge in [0, 0.05) is 53.0 Å². The predicted octanol–water partition coefficient (Wildman–Crippen LogP) is 3.62. The summed E-state index contributed by atoms with van der Waals surface area (Å²) in [5.74, 6) is 0.384. The average molecular weight is 480 g/mol. The Morgan fingerprint density at radius 2 is 2.09 bits per heavy atom. The van der Waals surface area contributed by atoms with Crippen LogP contribution in [-0.4, -0.2) is 48.8 Å². The Morgan fingerprint density at radius 1 is 1.23 bits per heavy atom. The second kappa shape index (κ2) is 8.28. The first-order chi connectivity index (χ1) is 16.9. The summed E-state index contributed by atoms with van der Waals surface area (Å²) in [6.07, 6.45) is 4.50. The van der Waals surface area contributed by atoms with Crippen LogP contribution in [0, 0.1) is 5.92 Å². The van der Waals surface area contributed by atoms with Gasteiger partial charge in [-0.1, -0.05) is 6.07 Å². The van der Waals surface area contributed by atoms with Crippen LogP contribution >= 0.6 is 0 Å². The van der Waals surface area contributed by atoms with Gasteiger partial charge in [0.15, 0.2) is 11.5 Å². The Hall–Kier alpha value is -3.57. The van der Waals surface area contributed by atoms with E-state index in [0.717, 1.165) is 19.3 Å². The zero-order valence-electron chi connectivity index (χ0n) is 18.6. The highest BCUT2D eigenvalue weighted by atomic mass is 19.3. The minimum Gasteiger partial charge on any atom is -0.383 e. The lowest BCUT2D eigenvalue weighted by Gasteiger charge is -2.32. The number of carbonyl (C=O) groups is 1. The van der Waals surface area contributed by atoms with Crippen molar-refractivity contribution in [1.29, 1.82) is 0 Å². The van der Waals surface area contributed by atoms with E-state index in [0.29, 0.717) is 35.2 Å². The van der Waals surface area contributed by atoms with Gasteiger partial charge in [-0.3, -0.25) is 9.78 Å². The van der Waals surface area contributed by atoms with E-state index < -0.39 is 17.7 Å². The normalized spacial score (nSPS) is 20.6. The van der Waals surface area contributed by atoms with Crippen molar-refractivity contribution in [3.05, 3.63) is 48.0 Å². The highest BCUT2D eigenvalue weighted by Crippen LogP contribution is 2.35. The first kappa shape index (κ1) is 21.9. The fraction of sp³-hybridized carbons (Fsp3) is 0.375. The van der Waals surface area contributed by atoms with Crippen molar-refractivity contribution in [2.24, 2.45) is 5.92 Å². The van der Waals surface area contributed by atoms with Crippen molar-refractivity contribution >= 4 is 28.1 Å². The molecular formula is C24H22F2N6O3. The number of amides is 1. The number of nitrogens with one attached hydrogen (secondary N) is 1. The number of hydrogen-bond acceptors (Lipinski definition) is 7. The van der Waals surface area contributed by atoms with Gasteiger partial charge in [-0.05, 0) is 37.8 Å². The van der Waals surface area contributed by atoms with E-state index in [4.69, 9.17) is 4.74 Å². The van der Waals surface area contributed by atoms with Crippen LogP contribution in [0.25, 0.3) is 27.8 Å². The molecule has 35 heavy (non-hydrogen) atoms. The number of hydrogen-bond donors (Lipinski definition) is 2. The van der Waals surface area contributed by atoms with Gasteiger partial charge in [-0.15, -0.1) is 5.10 Å². The Balaban J connectivity index is 1.44. The summed E-state index contributed by atoms with van der Waals surface area (Å²) < 4.78 is 34.3. The average Bonchev–Trinajstić information content (AvgIpc) is 3.62. The highest BCUT2D eigenvalue weighted by molar-refractivity contribution is 6.00. The molecule has 1 saturated heterocycles. The molecule has 0 bridgehead atoms. The minimum absolute atomic E-state index is 0.0280. The molecule has 2 aliphatic rings. The lowest BCUT2D eigenvalue weighted by Crippen LogP contribution is -2.36. The SMILES string of the molecule is O=C(Nc1cc2c(-c3nc4ccc([C@@]5(O)CCCOC5)cn4n3)cnc(C(F)F)c2cn1)C1CC1. The molecule has 4 aromatic heterocycles. The molecule has 1 aliphatic heterocycles. The van der Waals surface area contributed by atoms with Gasteiger partial charge in [0.05, 0.1) is 6.61 Å². The molecule has 5 heterocycles. The molecule has 0 radical (unpaired) electrons. The second-order valence-electron chi connectivity index (χ2n) is 9.08. The standard InChI is InChI=1S/C24H22F2N6O3/c25-21(26)20-16-9-27-18(29-23(33)13-2-3-13)8-15(16)17(10-28-20)22-30-19-5-4-14(11-32(19)31-22)24(34)6-1-7-35-12-24/h4-5,8-11,13,21,34H,1-3,6-7,12H2,(H,27,29,33)/t24-/m1/s1. The predicted molar refractivity (Wildman–Crippen MR) is 122 cm³/mol. The molecule has 0 aromatic carbocycles. The number of aromatic nitrogens is 5. The molecule has 4 aromatic rings. The molecule has 0 spiro atoms. The molecule has 6 rings (SSSR count). The first-order valence-corrected chi connectivity index (χ1v) is 11.5. The van der Waals surface area contributed by atoms with Crippen molar-refractivity contribution in [3.8, 4) is 11.4 Å². The minimum atomic E-state index is -2.80. The molecular weight excluding hydrogens is 458 g/mol. The third kappa shape index (κ3) is 4.00. The van der Waals surface area contributed by atoms with Crippen molar-refractivity contribution in [2.45, 2.75) is 37.7 Å². The smallest absolute Gasteiger partial charge is 0.281 e. The summed E-state index contributed by atoms with van der Waals surface area (Å²) in [6.45, 7) is 0.816. The third-order valence-corrected chi connectivity index (χ3v) is 6.54. The van der Waals surface area contributed by atoms with Crippen LogP contribution in [0.1, 0.15) is 43.4 Å². The van der Waals surface area contributed by atoms with Crippen molar-refractivity contribution in [3.63, 3.8) is 0 Å². The fourth-order valence-corrected chi connectivity index (χ4v) is 4.43. The summed E-state index contributed by atoms with van der Waals surface area (Å²) in [5.41, 5.74) is 0.102. The molecule has 180 valence electrons. The van der Waals surface area contributed by atoms with E-state index in [1.54, 1.807) is 28.9 Å². The van der Waals surface area contributed by atoms with Crippen LogP contribution in [0.4, 0.5) is 14.6 Å². The maximum Gasteiger partial charge on any atom is 0.281 e. The van der Waals surface area contributed by atoms with Gasteiger partial charge in [-0.25, -0.2) is 23.3 Å². The van der Waals surface area contributed by atoms with Gasteiger partial charge in [-0.2, -0.15) is 0 Å². The number of aliphatic hydroxyl groups is 1. The molecule has 9 nitrogen and oxygen atoms in total. The van der Waals surface area contributed by atoms with Gasteiger partial charge in [0.25, 0.3) is 6.43 Å². The number of nitrogens with zero attached hydrogens (tertiary/aromatic N) is 5. The number of fused-ring (bicyclic) bond motifs is 2. The molecule has 1 amide bonds. The molecule has 0 unspecified atom stereocenters. The number of carbonyl (C=O) groups excluding carboxylic acids is 1. The lowest BCUT2D eigenvalue weighted by molar-refractivity contribution is -0.117. The van der Waals surface area contributed by atoms with Crippen molar-refractivity contribution < 1.29 is 23.4 Å². The van der Waals surface area contributed by atoms with Gasteiger partial charge < -0.3 is 15.2 Å². The zero-order valence-corrected chi connectivity index (χ0v) is 18.6. The lowest BCUT2D eigenvalue weighted by atomic mass is 9.90. The molecule has 2 N–H and O–H groups in total. The number of ether oxygens (including phenoxy) is 1. The Morgan fingerprint density at radius 3 is 2.83 bits per heavy atom. The monoisotopic (exact) mass is 480 g/mol. The van der Waals surface area contributed by atoms with Crippen LogP contribution in [0.5, 0.6) is 0 Å². The maximum atomic E-state index is 13.7. The summed E-state index contributed by atoms with van der Waals surface area (Å²) in [4.78, 5) is 24.9. The van der Waals surface area contributed by atoms with E-state index in [9.17, 15) is 18.7 Å². The molecule has 1 atom stereocenters. The number of anilines is 1. The van der Waals surface area contributed by atoms with Crippen molar-refractivity contribution in [2.75, 3.05) is 18.5 Å². The first-order valence-electron chi connectivity index (χ1n) is 11.5. The van der Waals surface area contributed by atoms with Gasteiger partial charge in [0.2, 0.25) is 5.91 Å². The van der Waals surface area contributed by atoms with Crippen molar-refractivity contribution in [1.82, 2.24) is 24.6 Å². The molecule has 2 fully saturated rings. The van der Waals surface area contributed by atoms with E-state index in [1.165, 1.54) is 12.4 Å². The summed E-state index contributed by atoms with van der Waals surface area (Å²) in [5, 5.41) is 18.9. The van der Waals surface area contributed by atoms with Crippen LogP contribution in [0.3, 0.4) is 0 Å². The number of pyridine rings is 3. The summed E-state index contributed by atoms with van der Waals surface area (Å²) in [7, 11) is 0. The second-order valence-corrected chi connectivity index (χ2v) is 9.08. The number of alkyl halides is 2. The van der Waals surface area contributed by atoms with Gasteiger partial charge in [0.1, 0.15) is 17.1 Å². The van der Waals surface area contributed by atoms with E-state index in [2.05, 4.69) is 25.4 Å². The Bertz CT molecular complexity index is 1450. The molecule has 1 saturated carbocycles. The number of halogens is 2. The topological polar surface area (TPSA) is 115 Å². The van der Waals surface area contributed by atoms with Crippen LogP contribution in [0.15, 0.2) is 36.8 Å². The summed E-state index contributed by atoms with van der Waals surface area (Å²) >= 11 is 0. The van der Waals surface area contributed by atoms with Crippen LogP contribution in [-0.2, 0) is 15.1 Å². The largest absolute Gasteiger partial charge is 0.383 e. The van der Waals surface area contributed by atoms with Crippen LogP contribution in [0.2, 0.25) is 0 Å². The fourth-order valence-electron chi connectivity index (χ4n) is 4.43. The molecule has 1 aliphatic carbocycles. The van der Waals surface area contributed by atoms with Gasteiger partial charge >= 0.3 is 0 Å². The number of rotatable bonds is 5. The Kier molecular flexibility index (Phi) is 5.19. The Labute approximate surface area is 198 Å². The third-order valence-electron chi connectivity index (χ3n) is 6.54.